The molecule has 2 aliphatic heterocycles. The van der Waals surface area contributed by atoms with Gasteiger partial charge in [0.2, 0.25) is 5.95 Å². The Morgan fingerprint density at radius 1 is 1.32 bits per heavy atom. The molecule has 0 fully saturated rings. The molecule has 144 valence electrons. The number of allylic oxidation sites excluding steroid dienone is 1. The molecule has 2 aliphatic rings. The Labute approximate surface area is 167 Å². The third-order valence-electron chi connectivity index (χ3n) is 4.65. The van der Waals surface area contributed by atoms with Crippen molar-refractivity contribution in [2.24, 2.45) is 10.9 Å². The van der Waals surface area contributed by atoms with Crippen LogP contribution in [-0.4, -0.2) is 29.3 Å². The van der Waals surface area contributed by atoms with Crippen LogP contribution in [-0.2, 0) is 6.42 Å². The molecule has 4 rings (SSSR count). The Bertz CT molecular complexity index is 973. The number of nitrogens with zero attached hydrogens (tertiary/aromatic N) is 3. The van der Waals surface area contributed by atoms with Crippen LogP contribution in [0.2, 0.25) is 5.02 Å². The van der Waals surface area contributed by atoms with Crippen LogP contribution in [0.4, 0.5) is 27.9 Å². The van der Waals surface area contributed by atoms with Gasteiger partial charge in [-0.3, -0.25) is 4.99 Å². The van der Waals surface area contributed by atoms with Gasteiger partial charge in [-0.1, -0.05) is 11.6 Å². The summed E-state index contributed by atoms with van der Waals surface area (Å²) in [5.74, 6) is 1.25. The van der Waals surface area contributed by atoms with Crippen LogP contribution in [0.5, 0.6) is 0 Å². The van der Waals surface area contributed by atoms with Gasteiger partial charge in [-0.25, -0.2) is 9.78 Å². The van der Waals surface area contributed by atoms with E-state index >= 15 is 0 Å². The van der Waals surface area contributed by atoms with Gasteiger partial charge in [-0.2, -0.15) is 4.98 Å². The molecule has 0 saturated carbocycles. The Kier molecular flexibility index (Phi) is 5.12. The lowest BCUT2D eigenvalue weighted by molar-refractivity contribution is 0.254. The molecule has 0 spiro atoms. The second kappa shape index (κ2) is 7.85. The minimum Gasteiger partial charge on any atom is -0.341 e. The second-order valence-electron chi connectivity index (χ2n) is 6.67. The zero-order chi connectivity index (χ0) is 19.5. The Hall–Kier alpha value is -3.13. The predicted octanol–water partition coefficient (Wildman–Crippen LogP) is 3.92. The summed E-state index contributed by atoms with van der Waals surface area (Å²) in [7, 11) is 1.59. The fraction of sp³-hybridized carbons (Fsp3) is 0.263. The topological polar surface area (TPSA) is 103 Å². The molecule has 0 radical (unpaired) electrons. The monoisotopic (exact) mass is 397 g/mol. The number of rotatable bonds is 1. The number of halogens is 1. The molecular formula is C19H20ClN7O. The average Bonchev–Trinajstić information content (AvgIpc) is 2.70. The van der Waals surface area contributed by atoms with Crippen molar-refractivity contribution >= 4 is 47.0 Å². The number of fused-ring (bicyclic) bond motifs is 6. The van der Waals surface area contributed by atoms with Crippen molar-refractivity contribution in [3.63, 3.8) is 0 Å². The molecule has 3 heterocycles. The third-order valence-corrected chi connectivity index (χ3v) is 4.93. The van der Waals surface area contributed by atoms with Crippen molar-refractivity contribution in [2.75, 3.05) is 23.0 Å². The van der Waals surface area contributed by atoms with Crippen molar-refractivity contribution in [1.29, 1.82) is 0 Å². The lowest BCUT2D eigenvalue weighted by Crippen LogP contribution is -2.25. The lowest BCUT2D eigenvalue weighted by atomic mass is 9.94. The Balaban J connectivity index is 1.74. The summed E-state index contributed by atoms with van der Waals surface area (Å²) in [5, 5.41) is 12.4. The molecule has 2 amide bonds. The van der Waals surface area contributed by atoms with Gasteiger partial charge in [0.25, 0.3) is 0 Å². The highest BCUT2D eigenvalue weighted by molar-refractivity contribution is 6.32. The highest BCUT2D eigenvalue weighted by atomic mass is 35.5. The average molecular weight is 398 g/mol. The summed E-state index contributed by atoms with van der Waals surface area (Å²) in [6, 6.07) is 5.51. The van der Waals surface area contributed by atoms with E-state index in [-0.39, 0.29) is 11.9 Å². The van der Waals surface area contributed by atoms with Crippen molar-refractivity contribution < 1.29 is 4.79 Å². The minimum atomic E-state index is -0.253. The predicted molar refractivity (Wildman–Crippen MR) is 111 cm³/mol. The first-order chi connectivity index (χ1) is 13.6. The van der Waals surface area contributed by atoms with Gasteiger partial charge >= 0.3 is 6.03 Å². The second-order valence-corrected chi connectivity index (χ2v) is 7.08. The van der Waals surface area contributed by atoms with Crippen LogP contribution in [0.25, 0.3) is 0 Å². The van der Waals surface area contributed by atoms with E-state index in [0.717, 1.165) is 41.9 Å². The van der Waals surface area contributed by atoms with Crippen LogP contribution in [0.1, 0.15) is 18.4 Å². The van der Waals surface area contributed by atoms with Crippen LogP contribution in [0.3, 0.4) is 0 Å². The molecule has 9 heteroatoms. The number of urea groups is 1. The lowest BCUT2D eigenvalue weighted by Gasteiger charge is -2.19. The number of aromatic nitrogens is 2. The highest BCUT2D eigenvalue weighted by Crippen LogP contribution is 2.30. The number of nitrogens with one attached hydrogen (secondary N) is 4. The maximum absolute atomic E-state index is 11.8. The first kappa shape index (κ1) is 18.2. The fourth-order valence-electron chi connectivity index (χ4n) is 3.22. The number of benzene rings is 1. The molecule has 2 aromatic rings. The molecule has 0 aliphatic carbocycles. The molecule has 4 N–H and O–H groups in total. The van der Waals surface area contributed by atoms with Crippen molar-refractivity contribution in [3.8, 4) is 0 Å². The largest absolute Gasteiger partial charge is 0.341 e. The summed E-state index contributed by atoms with van der Waals surface area (Å²) in [6.07, 6.45) is 7.82. The minimum absolute atomic E-state index is 0.253. The third kappa shape index (κ3) is 4.07. The molecule has 1 unspecified atom stereocenters. The van der Waals surface area contributed by atoms with Gasteiger partial charge in [0.1, 0.15) is 5.02 Å². The summed E-state index contributed by atoms with van der Waals surface area (Å²) >= 11 is 6.27. The molecular weight excluding hydrogens is 378 g/mol. The van der Waals surface area contributed by atoms with Crippen molar-refractivity contribution in [2.45, 2.75) is 19.3 Å². The number of aliphatic imine (C=N–C) groups is 1. The van der Waals surface area contributed by atoms with Crippen molar-refractivity contribution in [1.82, 2.24) is 15.3 Å². The van der Waals surface area contributed by atoms with Gasteiger partial charge in [-0.05, 0) is 43.0 Å². The molecule has 1 atom stereocenters. The number of hydrogen-bond acceptors (Lipinski definition) is 6. The first-order valence-electron chi connectivity index (χ1n) is 9.01. The van der Waals surface area contributed by atoms with Gasteiger partial charge in [0, 0.05) is 42.5 Å². The molecule has 28 heavy (non-hydrogen) atoms. The van der Waals surface area contributed by atoms with Gasteiger partial charge in [0.15, 0.2) is 5.82 Å². The zero-order valence-corrected chi connectivity index (χ0v) is 16.0. The molecule has 1 aromatic heterocycles. The van der Waals surface area contributed by atoms with E-state index in [1.807, 2.05) is 24.4 Å². The molecule has 1 aromatic carbocycles. The van der Waals surface area contributed by atoms with Crippen LogP contribution >= 0.6 is 11.6 Å². The number of amides is 2. The van der Waals surface area contributed by atoms with E-state index in [2.05, 4.69) is 36.2 Å². The molecule has 6 bridgehead atoms. The Morgan fingerprint density at radius 2 is 2.21 bits per heavy atom. The van der Waals surface area contributed by atoms with Crippen LogP contribution in [0, 0.1) is 5.92 Å². The molecule has 0 saturated heterocycles. The van der Waals surface area contributed by atoms with Gasteiger partial charge in [-0.15, -0.1) is 0 Å². The number of carbonyl (C=O) groups is 1. The van der Waals surface area contributed by atoms with E-state index in [1.165, 1.54) is 0 Å². The summed E-state index contributed by atoms with van der Waals surface area (Å²) in [6.45, 7) is 0. The number of carbonyl (C=O) groups excluding carboxylic acids is 1. The Morgan fingerprint density at radius 3 is 3.07 bits per heavy atom. The normalized spacial score (nSPS) is 17.6. The van der Waals surface area contributed by atoms with E-state index in [0.29, 0.717) is 16.8 Å². The zero-order valence-electron chi connectivity index (χ0n) is 15.3. The summed E-state index contributed by atoms with van der Waals surface area (Å²) in [4.78, 5) is 24.9. The fourth-order valence-corrected chi connectivity index (χ4v) is 3.36. The van der Waals surface area contributed by atoms with E-state index in [1.54, 1.807) is 19.4 Å². The SMILES string of the molecule is CNC(=O)Nc1ccc2cc1CCC1C=NC=C(C1)Nc1ncc(Cl)c(n1)N2. The quantitative estimate of drug-likeness (QED) is 0.584. The van der Waals surface area contributed by atoms with Gasteiger partial charge in [0.05, 0.1) is 6.20 Å². The van der Waals surface area contributed by atoms with Gasteiger partial charge < -0.3 is 21.3 Å². The van der Waals surface area contributed by atoms with E-state index in [9.17, 15) is 4.79 Å². The smallest absolute Gasteiger partial charge is 0.318 e. The highest BCUT2D eigenvalue weighted by Gasteiger charge is 2.17. The van der Waals surface area contributed by atoms with E-state index in [4.69, 9.17) is 11.6 Å². The van der Waals surface area contributed by atoms with Crippen LogP contribution < -0.4 is 21.3 Å². The maximum atomic E-state index is 11.8. The van der Waals surface area contributed by atoms with E-state index < -0.39 is 0 Å². The number of anilines is 4. The standard InChI is InChI=1S/C19H20ClN7O/c1-21-19(28)26-16-5-4-13-7-12(16)3-2-11-6-14(9-22-8-11)25-18-23-10-15(20)17(24-13)27-18/h4-5,7-11H,2-3,6H2,1H3,(H2,21,26,28)(H2,23,24,25,27). The summed E-state index contributed by atoms with van der Waals surface area (Å²) in [5.41, 5.74) is 3.58. The number of hydrogen-bond donors (Lipinski definition) is 4. The van der Waals surface area contributed by atoms with Crippen molar-refractivity contribution in [3.05, 3.63) is 46.9 Å². The molecule has 8 nitrogen and oxygen atoms in total. The summed E-state index contributed by atoms with van der Waals surface area (Å²) < 4.78 is 0. The maximum Gasteiger partial charge on any atom is 0.318 e. The van der Waals surface area contributed by atoms with Crippen LogP contribution in [0.15, 0.2) is 41.3 Å². The first-order valence-corrected chi connectivity index (χ1v) is 9.39. The number of aryl methyl sites for hydroxylation is 1.